The summed E-state index contributed by atoms with van der Waals surface area (Å²) in [5.41, 5.74) is 1.20. The van der Waals surface area contributed by atoms with Crippen LogP contribution < -0.4 is 10.6 Å². The number of halogens is 2. The molecule has 1 aromatic rings. The maximum absolute atomic E-state index is 6.21. The Bertz CT molecular complexity index is 536. The Hall–Kier alpha value is -0.570. The molecular weight excluding hydrogens is 451 g/mol. The second kappa shape index (κ2) is 11.9. The summed E-state index contributed by atoms with van der Waals surface area (Å²) in [7, 11) is 0. The molecular formula is C18H30ClIN4O. The number of benzene rings is 1. The molecule has 1 heterocycles. The summed E-state index contributed by atoms with van der Waals surface area (Å²) < 4.78 is 5.50. The molecule has 1 saturated heterocycles. The van der Waals surface area contributed by atoms with E-state index in [9.17, 15) is 0 Å². The molecule has 7 heteroatoms. The van der Waals surface area contributed by atoms with Crippen LogP contribution in [0.25, 0.3) is 0 Å². The SMILES string of the molecule is CCNC(=NCC(c1cccc(Cl)c1)N1CCOCC1)NC(C)C.I. The highest BCUT2D eigenvalue weighted by molar-refractivity contribution is 14.0. The molecule has 1 aromatic carbocycles. The quantitative estimate of drug-likeness (QED) is 0.373. The van der Waals surface area contributed by atoms with Crippen LogP contribution in [0.5, 0.6) is 0 Å². The van der Waals surface area contributed by atoms with Crippen LogP contribution in [0.3, 0.4) is 0 Å². The average molecular weight is 481 g/mol. The zero-order valence-electron chi connectivity index (χ0n) is 15.3. The molecule has 0 spiro atoms. The first-order valence-electron chi connectivity index (χ1n) is 8.72. The van der Waals surface area contributed by atoms with Crippen LogP contribution in [-0.4, -0.2) is 56.3 Å². The van der Waals surface area contributed by atoms with Crippen molar-refractivity contribution in [3.05, 3.63) is 34.9 Å². The van der Waals surface area contributed by atoms with Gasteiger partial charge in [0.2, 0.25) is 0 Å². The van der Waals surface area contributed by atoms with E-state index >= 15 is 0 Å². The molecule has 0 aromatic heterocycles. The number of nitrogens with zero attached hydrogens (tertiary/aromatic N) is 2. The fourth-order valence-electron chi connectivity index (χ4n) is 2.81. The fraction of sp³-hybridized carbons (Fsp3) is 0.611. The van der Waals surface area contributed by atoms with Gasteiger partial charge in [-0.1, -0.05) is 23.7 Å². The predicted molar refractivity (Wildman–Crippen MR) is 116 cm³/mol. The van der Waals surface area contributed by atoms with Gasteiger partial charge in [0.1, 0.15) is 0 Å². The minimum Gasteiger partial charge on any atom is -0.379 e. The van der Waals surface area contributed by atoms with Crippen LogP contribution in [0.1, 0.15) is 32.4 Å². The molecule has 0 bridgehead atoms. The molecule has 142 valence electrons. The Balaban J connectivity index is 0.00000312. The first-order chi connectivity index (χ1) is 11.6. The molecule has 0 saturated carbocycles. The monoisotopic (exact) mass is 480 g/mol. The van der Waals surface area contributed by atoms with Gasteiger partial charge in [-0.25, -0.2) is 0 Å². The van der Waals surface area contributed by atoms with E-state index in [1.165, 1.54) is 5.56 Å². The summed E-state index contributed by atoms with van der Waals surface area (Å²) >= 11 is 6.21. The number of morpholine rings is 1. The minimum atomic E-state index is 0. The van der Waals surface area contributed by atoms with E-state index in [0.717, 1.165) is 43.8 Å². The van der Waals surface area contributed by atoms with E-state index in [4.69, 9.17) is 21.3 Å². The van der Waals surface area contributed by atoms with Gasteiger partial charge in [-0.3, -0.25) is 9.89 Å². The molecule has 0 aliphatic carbocycles. The van der Waals surface area contributed by atoms with E-state index in [1.54, 1.807) is 0 Å². The third kappa shape index (κ3) is 7.68. The Morgan fingerprint density at radius 3 is 2.64 bits per heavy atom. The van der Waals surface area contributed by atoms with Gasteiger partial charge in [0.15, 0.2) is 5.96 Å². The number of hydrogen-bond donors (Lipinski definition) is 2. The molecule has 1 aliphatic heterocycles. The van der Waals surface area contributed by atoms with Gasteiger partial charge in [0.25, 0.3) is 0 Å². The zero-order chi connectivity index (χ0) is 17.4. The number of nitrogens with one attached hydrogen (secondary N) is 2. The molecule has 0 radical (unpaired) electrons. The van der Waals surface area contributed by atoms with Crippen molar-refractivity contribution in [2.75, 3.05) is 39.4 Å². The Morgan fingerprint density at radius 1 is 1.32 bits per heavy atom. The van der Waals surface area contributed by atoms with Crippen molar-refractivity contribution < 1.29 is 4.74 Å². The van der Waals surface area contributed by atoms with E-state index in [2.05, 4.69) is 42.4 Å². The largest absolute Gasteiger partial charge is 0.379 e. The summed E-state index contributed by atoms with van der Waals surface area (Å²) in [5, 5.41) is 7.44. The average Bonchev–Trinajstić information content (AvgIpc) is 2.56. The van der Waals surface area contributed by atoms with Crippen LogP contribution >= 0.6 is 35.6 Å². The van der Waals surface area contributed by atoms with Gasteiger partial charge in [0.05, 0.1) is 25.8 Å². The molecule has 5 nitrogen and oxygen atoms in total. The van der Waals surface area contributed by atoms with Crippen molar-refractivity contribution in [2.24, 2.45) is 4.99 Å². The van der Waals surface area contributed by atoms with Crippen molar-refractivity contribution in [3.8, 4) is 0 Å². The summed E-state index contributed by atoms with van der Waals surface area (Å²) in [6, 6.07) is 8.64. The van der Waals surface area contributed by atoms with Crippen LogP contribution in [0.15, 0.2) is 29.3 Å². The Kier molecular flexibility index (Phi) is 10.7. The number of rotatable bonds is 6. The van der Waals surface area contributed by atoms with Crippen molar-refractivity contribution in [3.63, 3.8) is 0 Å². The number of aliphatic imine (C=N–C) groups is 1. The molecule has 2 rings (SSSR count). The summed E-state index contributed by atoms with van der Waals surface area (Å²) in [6.07, 6.45) is 0. The molecule has 25 heavy (non-hydrogen) atoms. The second-order valence-corrected chi connectivity index (χ2v) is 6.67. The standard InChI is InChI=1S/C18H29ClN4O.HI/c1-4-20-18(22-14(2)3)21-13-17(23-8-10-24-11-9-23)15-6-5-7-16(19)12-15;/h5-7,12,14,17H,4,8-11,13H2,1-3H3,(H2,20,21,22);1H. The smallest absolute Gasteiger partial charge is 0.191 e. The molecule has 1 atom stereocenters. The lowest BCUT2D eigenvalue weighted by Gasteiger charge is -2.34. The van der Waals surface area contributed by atoms with Crippen LogP contribution in [-0.2, 0) is 4.74 Å². The second-order valence-electron chi connectivity index (χ2n) is 6.24. The van der Waals surface area contributed by atoms with Gasteiger partial charge in [-0.15, -0.1) is 24.0 Å². The van der Waals surface area contributed by atoms with E-state index < -0.39 is 0 Å². The molecule has 0 amide bonds. The molecule has 2 N–H and O–H groups in total. The third-order valence-corrected chi connectivity index (χ3v) is 4.15. The first-order valence-corrected chi connectivity index (χ1v) is 9.10. The van der Waals surface area contributed by atoms with Crippen molar-refractivity contribution in [2.45, 2.75) is 32.9 Å². The molecule has 1 fully saturated rings. The first kappa shape index (κ1) is 22.5. The number of hydrogen-bond acceptors (Lipinski definition) is 3. The predicted octanol–water partition coefficient (Wildman–Crippen LogP) is 3.29. The fourth-order valence-corrected chi connectivity index (χ4v) is 3.00. The summed E-state index contributed by atoms with van der Waals surface area (Å²) in [6.45, 7) is 11.2. The summed E-state index contributed by atoms with van der Waals surface area (Å²) in [4.78, 5) is 7.23. The normalized spacial score (nSPS) is 17.1. The molecule has 1 unspecified atom stereocenters. The van der Waals surface area contributed by atoms with Crippen molar-refractivity contribution in [1.82, 2.24) is 15.5 Å². The van der Waals surface area contributed by atoms with Crippen LogP contribution in [0.2, 0.25) is 5.02 Å². The third-order valence-electron chi connectivity index (χ3n) is 3.91. The highest BCUT2D eigenvalue weighted by atomic mass is 127. The topological polar surface area (TPSA) is 48.9 Å². The Labute approximate surface area is 173 Å². The van der Waals surface area contributed by atoms with Gasteiger partial charge in [0, 0.05) is 30.7 Å². The minimum absolute atomic E-state index is 0. The lowest BCUT2D eigenvalue weighted by molar-refractivity contribution is 0.0180. The lowest BCUT2D eigenvalue weighted by Crippen LogP contribution is -2.43. The van der Waals surface area contributed by atoms with Gasteiger partial charge in [-0.05, 0) is 38.5 Å². The zero-order valence-corrected chi connectivity index (χ0v) is 18.4. The maximum Gasteiger partial charge on any atom is 0.191 e. The van der Waals surface area contributed by atoms with E-state index in [-0.39, 0.29) is 30.0 Å². The number of guanidine groups is 1. The Morgan fingerprint density at radius 2 is 2.04 bits per heavy atom. The van der Waals surface area contributed by atoms with Crippen LogP contribution in [0, 0.1) is 0 Å². The van der Waals surface area contributed by atoms with Crippen molar-refractivity contribution in [1.29, 1.82) is 0 Å². The van der Waals surface area contributed by atoms with Crippen molar-refractivity contribution >= 4 is 41.5 Å². The van der Waals surface area contributed by atoms with Crippen LogP contribution in [0.4, 0.5) is 0 Å². The highest BCUT2D eigenvalue weighted by Gasteiger charge is 2.22. The van der Waals surface area contributed by atoms with Gasteiger partial charge in [-0.2, -0.15) is 0 Å². The maximum atomic E-state index is 6.21. The molecule has 1 aliphatic rings. The van der Waals surface area contributed by atoms with E-state index in [1.807, 2.05) is 18.2 Å². The number of ether oxygens (including phenoxy) is 1. The highest BCUT2D eigenvalue weighted by Crippen LogP contribution is 2.24. The summed E-state index contributed by atoms with van der Waals surface area (Å²) in [5.74, 6) is 0.854. The van der Waals surface area contributed by atoms with Gasteiger partial charge >= 0.3 is 0 Å². The van der Waals surface area contributed by atoms with Gasteiger partial charge < -0.3 is 15.4 Å². The van der Waals surface area contributed by atoms with E-state index in [0.29, 0.717) is 12.6 Å². The lowest BCUT2D eigenvalue weighted by atomic mass is 10.0.